The first kappa shape index (κ1) is 11.5. The fourth-order valence-electron chi connectivity index (χ4n) is 2.14. The van der Waals surface area contributed by atoms with Crippen LogP contribution in [-0.4, -0.2) is 23.2 Å². The normalized spacial score (nSPS) is 17.2. The molecule has 1 heterocycles. The topological polar surface area (TPSA) is 78.3 Å². The third-order valence-corrected chi connectivity index (χ3v) is 3.61. The lowest BCUT2D eigenvalue weighted by molar-refractivity contribution is 0.207. The van der Waals surface area contributed by atoms with Crippen LogP contribution in [0.25, 0.3) is 11.1 Å². The van der Waals surface area contributed by atoms with Gasteiger partial charge in [-0.25, -0.2) is 4.79 Å². The molecule has 18 heavy (non-hydrogen) atoms. The predicted molar refractivity (Wildman–Crippen MR) is 67.3 cm³/mol. The minimum absolute atomic E-state index is 0.116. The Bertz CT molecular complexity index is 610. The van der Waals surface area contributed by atoms with Gasteiger partial charge in [0.05, 0.1) is 5.52 Å². The van der Waals surface area contributed by atoms with E-state index in [9.17, 15) is 9.90 Å². The van der Waals surface area contributed by atoms with Crippen LogP contribution < -0.4 is 11.1 Å². The van der Waals surface area contributed by atoms with Crippen molar-refractivity contribution in [1.29, 1.82) is 0 Å². The Morgan fingerprint density at radius 2 is 2.28 bits per heavy atom. The number of aliphatic hydroxyl groups excluding tert-OH is 1. The van der Waals surface area contributed by atoms with E-state index in [1.54, 1.807) is 0 Å². The van der Waals surface area contributed by atoms with Crippen LogP contribution >= 0.6 is 0 Å². The first-order chi connectivity index (χ1) is 8.71. The van der Waals surface area contributed by atoms with E-state index in [1.165, 1.54) is 0 Å². The van der Waals surface area contributed by atoms with Crippen molar-refractivity contribution in [2.24, 2.45) is 5.41 Å². The van der Waals surface area contributed by atoms with Crippen molar-refractivity contribution in [1.82, 2.24) is 10.3 Å². The second kappa shape index (κ2) is 4.26. The quantitative estimate of drug-likeness (QED) is 0.737. The van der Waals surface area contributed by atoms with Crippen molar-refractivity contribution in [2.45, 2.75) is 19.4 Å². The zero-order chi connectivity index (χ0) is 12.6. The Kier molecular flexibility index (Phi) is 2.72. The molecule has 2 aromatic rings. The molecular weight excluding hydrogens is 232 g/mol. The molecule has 0 atom stereocenters. The molecule has 1 fully saturated rings. The van der Waals surface area contributed by atoms with Crippen LogP contribution in [0.3, 0.4) is 0 Å². The predicted octanol–water partition coefficient (Wildman–Crippen LogP) is 0.983. The number of fused-ring (bicyclic) bond motifs is 1. The van der Waals surface area contributed by atoms with Gasteiger partial charge in [0.1, 0.15) is 0 Å². The average molecular weight is 248 g/mol. The van der Waals surface area contributed by atoms with Gasteiger partial charge in [-0.2, -0.15) is 0 Å². The van der Waals surface area contributed by atoms with Gasteiger partial charge in [0.15, 0.2) is 5.58 Å². The number of hydrogen-bond acceptors (Lipinski definition) is 4. The SMILES string of the molecule is O=c1[nH]c2ccc(CNCC3(CO)CC3)cc2o1. The highest BCUT2D eigenvalue weighted by molar-refractivity contribution is 5.72. The molecule has 5 nitrogen and oxygen atoms in total. The van der Waals surface area contributed by atoms with E-state index in [1.807, 2.05) is 18.2 Å². The Hall–Kier alpha value is -1.59. The molecule has 1 aliphatic rings. The van der Waals surface area contributed by atoms with E-state index in [-0.39, 0.29) is 12.0 Å². The summed E-state index contributed by atoms with van der Waals surface area (Å²) < 4.78 is 5.01. The first-order valence-corrected chi connectivity index (χ1v) is 6.14. The van der Waals surface area contributed by atoms with Crippen LogP contribution in [0, 0.1) is 5.41 Å². The maximum absolute atomic E-state index is 11.0. The molecule has 1 aromatic heterocycles. The lowest BCUT2D eigenvalue weighted by atomic mass is 10.1. The number of aromatic amines is 1. The van der Waals surface area contributed by atoms with Gasteiger partial charge in [0, 0.05) is 25.1 Å². The molecule has 3 rings (SSSR count). The monoisotopic (exact) mass is 248 g/mol. The second-order valence-electron chi connectivity index (χ2n) is 5.11. The number of H-pyrrole nitrogens is 1. The Morgan fingerprint density at radius 3 is 3.00 bits per heavy atom. The summed E-state index contributed by atoms with van der Waals surface area (Å²) in [5.41, 5.74) is 2.49. The van der Waals surface area contributed by atoms with Gasteiger partial charge in [-0.15, -0.1) is 0 Å². The summed E-state index contributed by atoms with van der Waals surface area (Å²) in [7, 11) is 0. The highest BCUT2D eigenvalue weighted by Crippen LogP contribution is 2.44. The molecule has 0 saturated heterocycles. The second-order valence-corrected chi connectivity index (χ2v) is 5.11. The van der Waals surface area contributed by atoms with Crippen molar-refractivity contribution in [3.8, 4) is 0 Å². The van der Waals surface area contributed by atoms with Gasteiger partial charge in [-0.3, -0.25) is 4.98 Å². The lowest BCUT2D eigenvalue weighted by Crippen LogP contribution is -2.26. The lowest BCUT2D eigenvalue weighted by Gasteiger charge is -2.12. The van der Waals surface area contributed by atoms with E-state index in [0.29, 0.717) is 12.1 Å². The molecule has 0 aliphatic heterocycles. The molecule has 96 valence electrons. The minimum atomic E-state index is -0.424. The molecule has 0 amide bonds. The van der Waals surface area contributed by atoms with Crippen LogP contribution in [0.4, 0.5) is 0 Å². The van der Waals surface area contributed by atoms with Gasteiger partial charge in [0.25, 0.3) is 0 Å². The molecular formula is C13H16N2O3. The average Bonchev–Trinajstić information content (AvgIpc) is 3.04. The zero-order valence-electron chi connectivity index (χ0n) is 10.0. The van der Waals surface area contributed by atoms with Crippen molar-refractivity contribution in [3.05, 3.63) is 34.3 Å². The maximum atomic E-state index is 11.0. The van der Waals surface area contributed by atoms with Gasteiger partial charge in [-0.05, 0) is 30.5 Å². The van der Waals surface area contributed by atoms with Gasteiger partial charge in [-0.1, -0.05) is 6.07 Å². The number of aliphatic hydroxyl groups is 1. The van der Waals surface area contributed by atoms with E-state index in [4.69, 9.17) is 4.42 Å². The summed E-state index contributed by atoms with van der Waals surface area (Å²) in [6.45, 7) is 1.80. The van der Waals surface area contributed by atoms with E-state index < -0.39 is 5.76 Å². The fraction of sp³-hybridized carbons (Fsp3) is 0.462. The summed E-state index contributed by atoms with van der Waals surface area (Å²) in [4.78, 5) is 13.6. The number of benzene rings is 1. The Balaban J connectivity index is 1.65. The molecule has 1 saturated carbocycles. The van der Waals surface area contributed by atoms with Crippen LogP contribution in [0.1, 0.15) is 18.4 Å². The number of rotatable bonds is 5. The van der Waals surface area contributed by atoms with Gasteiger partial charge in [0.2, 0.25) is 0 Å². The summed E-state index contributed by atoms with van der Waals surface area (Å²) in [6, 6.07) is 5.66. The summed E-state index contributed by atoms with van der Waals surface area (Å²) in [6.07, 6.45) is 2.20. The molecule has 0 unspecified atom stereocenters. The van der Waals surface area contributed by atoms with Crippen molar-refractivity contribution in [2.75, 3.05) is 13.2 Å². The third-order valence-electron chi connectivity index (χ3n) is 3.61. The minimum Gasteiger partial charge on any atom is -0.408 e. The number of nitrogens with one attached hydrogen (secondary N) is 2. The maximum Gasteiger partial charge on any atom is 0.417 e. The van der Waals surface area contributed by atoms with E-state index in [2.05, 4.69) is 10.3 Å². The number of oxazole rings is 1. The molecule has 0 radical (unpaired) electrons. The van der Waals surface area contributed by atoms with Gasteiger partial charge >= 0.3 is 5.76 Å². The van der Waals surface area contributed by atoms with Gasteiger partial charge < -0.3 is 14.8 Å². The summed E-state index contributed by atoms with van der Waals surface area (Å²) in [5, 5.41) is 12.5. The van der Waals surface area contributed by atoms with Crippen LogP contribution in [0.2, 0.25) is 0 Å². The molecule has 0 bridgehead atoms. The highest BCUT2D eigenvalue weighted by Gasteiger charge is 2.41. The van der Waals surface area contributed by atoms with Crippen molar-refractivity contribution >= 4 is 11.1 Å². The molecule has 1 aliphatic carbocycles. The van der Waals surface area contributed by atoms with Crippen LogP contribution in [0.15, 0.2) is 27.4 Å². The zero-order valence-corrected chi connectivity index (χ0v) is 10.0. The van der Waals surface area contributed by atoms with Crippen molar-refractivity contribution in [3.63, 3.8) is 0 Å². The standard InChI is InChI=1S/C13H16N2O3/c16-8-13(3-4-13)7-14-6-9-1-2-10-11(5-9)18-12(17)15-10/h1-2,5,14,16H,3-4,6-8H2,(H,15,17). The van der Waals surface area contributed by atoms with Crippen LogP contribution in [0.5, 0.6) is 0 Å². The van der Waals surface area contributed by atoms with E-state index >= 15 is 0 Å². The Labute approximate surface area is 104 Å². The molecule has 3 N–H and O–H groups in total. The summed E-state index contributed by atoms with van der Waals surface area (Å²) >= 11 is 0. The van der Waals surface area contributed by atoms with Crippen LogP contribution in [-0.2, 0) is 6.54 Å². The molecule has 1 aromatic carbocycles. The largest absolute Gasteiger partial charge is 0.417 e. The highest BCUT2D eigenvalue weighted by atomic mass is 16.4. The van der Waals surface area contributed by atoms with Crippen molar-refractivity contribution < 1.29 is 9.52 Å². The molecule has 5 heteroatoms. The molecule has 0 spiro atoms. The Morgan fingerprint density at radius 1 is 1.44 bits per heavy atom. The smallest absolute Gasteiger partial charge is 0.408 e. The summed E-state index contributed by atoms with van der Waals surface area (Å²) in [5.74, 6) is -0.424. The number of aromatic nitrogens is 1. The van der Waals surface area contributed by atoms with E-state index in [0.717, 1.165) is 30.5 Å². The first-order valence-electron chi connectivity index (χ1n) is 6.14. The number of hydrogen-bond donors (Lipinski definition) is 3. The fourth-order valence-corrected chi connectivity index (χ4v) is 2.14. The third kappa shape index (κ3) is 2.19.